The van der Waals surface area contributed by atoms with Crippen molar-refractivity contribution < 1.29 is 22.8 Å². The van der Waals surface area contributed by atoms with Crippen molar-refractivity contribution in [1.29, 1.82) is 0 Å². The molecule has 102 valence electrons. The topological polar surface area (TPSA) is 46.2 Å². The van der Waals surface area contributed by atoms with Crippen LogP contribution in [0.3, 0.4) is 0 Å². The summed E-state index contributed by atoms with van der Waals surface area (Å²) in [5, 5.41) is 0. The van der Waals surface area contributed by atoms with E-state index >= 15 is 0 Å². The average Bonchev–Trinajstić information content (AvgIpc) is 2.44. The predicted molar refractivity (Wildman–Crippen MR) is 70.0 cm³/mol. The molecule has 0 aromatic heterocycles. The molecule has 0 radical (unpaired) electrons. The first kappa shape index (κ1) is 15.0. The van der Waals surface area contributed by atoms with E-state index in [2.05, 4.69) is 0 Å². The maximum absolute atomic E-state index is 5.41. The summed E-state index contributed by atoms with van der Waals surface area (Å²) in [5.41, 5.74) is 0.939. The van der Waals surface area contributed by atoms with Crippen LogP contribution in [0.1, 0.15) is 5.56 Å². The molecule has 0 amide bonds. The number of hydrogen-bond acceptors (Lipinski definition) is 5. The van der Waals surface area contributed by atoms with Crippen LogP contribution < -0.4 is 9.47 Å². The first-order valence-electron chi connectivity index (χ1n) is 5.51. The number of hydrogen-bond donors (Lipinski definition) is 0. The second-order valence-electron chi connectivity index (χ2n) is 3.65. The van der Waals surface area contributed by atoms with E-state index in [9.17, 15) is 0 Å². The minimum Gasteiger partial charge on any atom is -0.497 e. The maximum atomic E-state index is 5.41. The number of ether oxygens (including phenoxy) is 2. The van der Waals surface area contributed by atoms with E-state index in [0.717, 1.165) is 17.1 Å². The molecular weight excluding hydrogens is 252 g/mol. The van der Waals surface area contributed by atoms with Gasteiger partial charge in [0.2, 0.25) is 0 Å². The van der Waals surface area contributed by atoms with Gasteiger partial charge in [-0.05, 0) is 18.2 Å². The molecule has 0 atom stereocenters. The third kappa shape index (κ3) is 3.23. The van der Waals surface area contributed by atoms with Crippen molar-refractivity contribution in [3.05, 3.63) is 23.8 Å². The average molecular weight is 272 g/mol. The highest BCUT2D eigenvalue weighted by molar-refractivity contribution is 6.60. The van der Waals surface area contributed by atoms with E-state index in [4.69, 9.17) is 22.8 Å². The summed E-state index contributed by atoms with van der Waals surface area (Å²) in [6.07, 6.45) is 0. The number of benzene rings is 1. The van der Waals surface area contributed by atoms with Gasteiger partial charge in [0.25, 0.3) is 0 Å². The summed E-state index contributed by atoms with van der Waals surface area (Å²) in [7, 11) is 5.34. The lowest BCUT2D eigenvalue weighted by molar-refractivity contribution is 0.122. The van der Waals surface area contributed by atoms with Crippen molar-refractivity contribution in [3.63, 3.8) is 0 Å². The van der Waals surface area contributed by atoms with Crippen molar-refractivity contribution >= 4 is 8.80 Å². The molecular formula is C12H20O5Si. The first-order valence-corrected chi connectivity index (χ1v) is 7.44. The van der Waals surface area contributed by atoms with Crippen LogP contribution in [0.2, 0.25) is 0 Å². The molecule has 1 aromatic carbocycles. The molecule has 0 aliphatic rings. The highest BCUT2D eigenvalue weighted by Gasteiger charge is 2.39. The normalized spacial score (nSPS) is 11.4. The fourth-order valence-corrected chi connectivity index (χ4v) is 3.40. The summed E-state index contributed by atoms with van der Waals surface area (Å²) < 4.78 is 26.8. The Morgan fingerprint density at radius 2 is 1.50 bits per heavy atom. The van der Waals surface area contributed by atoms with Crippen molar-refractivity contribution in [2.45, 2.75) is 6.04 Å². The molecule has 1 aromatic rings. The zero-order valence-corrected chi connectivity index (χ0v) is 12.5. The summed E-state index contributed by atoms with van der Waals surface area (Å²) in [6, 6.07) is 6.13. The van der Waals surface area contributed by atoms with Gasteiger partial charge in [0.05, 0.1) is 14.2 Å². The van der Waals surface area contributed by atoms with E-state index < -0.39 is 8.80 Å². The monoisotopic (exact) mass is 272 g/mol. The van der Waals surface area contributed by atoms with Crippen molar-refractivity contribution in [2.75, 3.05) is 35.5 Å². The highest BCUT2D eigenvalue weighted by atomic mass is 28.4. The van der Waals surface area contributed by atoms with Crippen LogP contribution in [0.25, 0.3) is 0 Å². The molecule has 6 heteroatoms. The van der Waals surface area contributed by atoms with Gasteiger partial charge in [0, 0.05) is 32.9 Å². The van der Waals surface area contributed by atoms with E-state index in [1.54, 1.807) is 35.5 Å². The van der Waals surface area contributed by atoms with E-state index in [1.807, 2.05) is 18.2 Å². The lowest BCUT2D eigenvalue weighted by atomic mass is 10.2. The van der Waals surface area contributed by atoms with E-state index in [-0.39, 0.29) is 0 Å². The van der Waals surface area contributed by atoms with Gasteiger partial charge < -0.3 is 22.8 Å². The Labute approximate surface area is 109 Å². The molecule has 0 fully saturated rings. The van der Waals surface area contributed by atoms with E-state index in [0.29, 0.717) is 6.04 Å². The fourth-order valence-electron chi connectivity index (χ4n) is 1.72. The van der Waals surface area contributed by atoms with Crippen LogP contribution in [0.5, 0.6) is 11.5 Å². The second-order valence-corrected chi connectivity index (χ2v) is 6.59. The van der Waals surface area contributed by atoms with Gasteiger partial charge in [-0.2, -0.15) is 0 Å². The van der Waals surface area contributed by atoms with Crippen LogP contribution in [-0.4, -0.2) is 44.4 Å². The summed E-state index contributed by atoms with van der Waals surface area (Å²) in [5.74, 6) is 1.52. The molecule has 0 aliphatic heterocycles. The molecule has 0 spiro atoms. The smallest absolute Gasteiger partial charge is 0.497 e. The number of rotatable bonds is 7. The maximum Gasteiger partial charge on any atom is 0.504 e. The molecule has 0 bridgehead atoms. The predicted octanol–water partition coefficient (Wildman–Crippen LogP) is 1.66. The summed E-state index contributed by atoms with van der Waals surface area (Å²) in [6.45, 7) is 0. The Morgan fingerprint density at radius 3 is 1.94 bits per heavy atom. The van der Waals surface area contributed by atoms with Crippen LogP contribution in [0.4, 0.5) is 0 Å². The minimum atomic E-state index is -2.68. The van der Waals surface area contributed by atoms with Gasteiger partial charge in [-0.1, -0.05) is 0 Å². The van der Waals surface area contributed by atoms with Crippen LogP contribution in [-0.2, 0) is 19.3 Å². The molecule has 5 nitrogen and oxygen atoms in total. The number of methoxy groups -OCH3 is 2. The lowest BCUT2D eigenvalue weighted by Crippen LogP contribution is -2.45. The molecule has 0 saturated carbocycles. The van der Waals surface area contributed by atoms with Gasteiger partial charge in [-0.3, -0.25) is 0 Å². The third-order valence-corrected chi connectivity index (χ3v) is 5.51. The molecule has 18 heavy (non-hydrogen) atoms. The largest absolute Gasteiger partial charge is 0.504 e. The SMILES string of the molecule is COc1ccc(OC)c(C[Si](OC)(OC)OC)c1. The van der Waals surface area contributed by atoms with Gasteiger partial charge in [-0.25, -0.2) is 0 Å². The van der Waals surface area contributed by atoms with Gasteiger partial charge in [-0.15, -0.1) is 0 Å². The Morgan fingerprint density at radius 1 is 0.889 bits per heavy atom. The first-order chi connectivity index (χ1) is 8.64. The molecule has 0 N–H and O–H groups in total. The quantitative estimate of drug-likeness (QED) is 0.707. The molecule has 0 aliphatic carbocycles. The molecule has 0 heterocycles. The summed E-state index contributed by atoms with van der Waals surface area (Å²) in [4.78, 5) is 0. The van der Waals surface area contributed by atoms with E-state index in [1.165, 1.54) is 0 Å². The Bertz CT molecular complexity index is 370. The highest BCUT2D eigenvalue weighted by Crippen LogP contribution is 2.27. The molecule has 0 saturated heterocycles. The third-order valence-electron chi connectivity index (χ3n) is 2.83. The zero-order chi connectivity index (χ0) is 13.6. The van der Waals surface area contributed by atoms with Crippen molar-refractivity contribution in [1.82, 2.24) is 0 Å². The van der Waals surface area contributed by atoms with Crippen molar-refractivity contribution in [3.8, 4) is 11.5 Å². The van der Waals surface area contributed by atoms with Gasteiger partial charge in [0.1, 0.15) is 11.5 Å². The Kier molecular flexibility index (Phi) is 5.61. The lowest BCUT2D eigenvalue weighted by Gasteiger charge is -2.25. The Balaban J connectivity index is 3.06. The van der Waals surface area contributed by atoms with Gasteiger partial charge in [0.15, 0.2) is 0 Å². The van der Waals surface area contributed by atoms with Crippen molar-refractivity contribution in [2.24, 2.45) is 0 Å². The fraction of sp³-hybridized carbons (Fsp3) is 0.500. The van der Waals surface area contributed by atoms with Crippen LogP contribution in [0.15, 0.2) is 18.2 Å². The standard InChI is InChI=1S/C12H20O5Si/c1-13-11-6-7-12(14-2)10(8-11)9-18(15-3,16-4)17-5/h6-8H,9H2,1-5H3. The molecule has 1 rings (SSSR count). The van der Waals surface area contributed by atoms with Gasteiger partial charge >= 0.3 is 8.80 Å². The van der Waals surface area contributed by atoms with Crippen LogP contribution in [0, 0.1) is 0 Å². The zero-order valence-electron chi connectivity index (χ0n) is 11.5. The minimum absolute atomic E-state index is 0.525. The molecule has 0 unspecified atom stereocenters. The van der Waals surface area contributed by atoms with Crippen LogP contribution >= 0.6 is 0 Å². The Hall–Kier alpha value is -1.08. The second kappa shape index (κ2) is 6.74. The summed E-state index contributed by atoms with van der Waals surface area (Å²) >= 11 is 0.